The number of aromatic nitrogens is 2. The van der Waals surface area contributed by atoms with E-state index in [0.29, 0.717) is 5.56 Å². The summed E-state index contributed by atoms with van der Waals surface area (Å²) >= 11 is 0. The van der Waals surface area contributed by atoms with Crippen LogP contribution < -0.4 is 0 Å². The monoisotopic (exact) mass is 276 g/mol. The van der Waals surface area contributed by atoms with Gasteiger partial charge >= 0.3 is 0 Å². The van der Waals surface area contributed by atoms with E-state index in [0.717, 1.165) is 11.1 Å². The van der Waals surface area contributed by atoms with E-state index in [1.54, 1.807) is 10.9 Å². The smallest absolute Gasteiger partial charge is 0.191 e. The fraction of sp³-hybridized carbons (Fsp3) is 0.111. The van der Waals surface area contributed by atoms with Gasteiger partial charge in [-0.25, -0.2) is 0 Å². The second-order valence-corrected chi connectivity index (χ2v) is 5.03. The number of Topliss-reactive ketones (excluding diaryl/α,β-unsaturated/α-hetero) is 1. The molecule has 0 spiro atoms. The van der Waals surface area contributed by atoms with Gasteiger partial charge in [0.25, 0.3) is 0 Å². The van der Waals surface area contributed by atoms with E-state index in [2.05, 4.69) is 5.10 Å². The van der Waals surface area contributed by atoms with Crippen LogP contribution in [0.3, 0.4) is 0 Å². The van der Waals surface area contributed by atoms with Gasteiger partial charge in [0.1, 0.15) is 6.04 Å². The number of carbonyl (C=O) groups is 1. The quantitative estimate of drug-likeness (QED) is 0.681. The van der Waals surface area contributed by atoms with Gasteiger partial charge in [-0.2, -0.15) is 5.10 Å². The van der Waals surface area contributed by atoms with E-state index < -0.39 is 6.04 Å². The molecule has 1 heterocycles. The highest BCUT2D eigenvalue weighted by Gasteiger charge is 2.23. The van der Waals surface area contributed by atoms with Crippen LogP contribution in [-0.2, 0) is 0 Å². The molecule has 0 aliphatic rings. The van der Waals surface area contributed by atoms with Crippen LogP contribution in [0.5, 0.6) is 0 Å². The summed E-state index contributed by atoms with van der Waals surface area (Å²) in [6.45, 7) is 2.01. The van der Waals surface area contributed by atoms with Crippen LogP contribution in [0, 0.1) is 6.92 Å². The molecular weight excluding hydrogens is 260 g/mol. The SMILES string of the molecule is Cc1ccc(C(=O)C(c2ccccc2)n2cccn2)cc1. The number of nitrogens with zero attached hydrogens (tertiary/aromatic N) is 2. The van der Waals surface area contributed by atoms with Crippen molar-refractivity contribution in [2.75, 3.05) is 0 Å². The molecule has 3 aromatic rings. The number of rotatable bonds is 4. The second-order valence-electron chi connectivity index (χ2n) is 5.03. The van der Waals surface area contributed by atoms with Gasteiger partial charge in [0, 0.05) is 18.0 Å². The highest BCUT2D eigenvalue weighted by atomic mass is 16.1. The van der Waals surface area contributed by atoms with E-state index >= 15 is 0 Å². The average Bonchev–Trinajstić information content (AvgIpc) is 3.03. The van der Waals surface area contributed by atoms with Crippen LogP contribution in [0.1, 0.15) is 27.5 Å². The summed E-state index contributed by atoms with van der Waals surface area (Å²) in [5.41, 5.74) is 2.78. The Kier molecular flexibility index (Phi) is 3.65. The zero-order valence-corrected chi connectivity index (χ0v) is 11.8. The molecule has 1 atom stereocenters. The van der Waals surface area contributed by atoms with Gasteiger partial charge in [-0.05, 0) is 18.6 Å². The lowest BCUT2D eigenvalue weighted by Crippen LogP contribution is -2.21. The third-order valence-corrected chi connectivity index (χ3v) is 3.49. The topological polar surface area (TPSA) is 34.9 Å². The lowest BCUT2D eigenvalue weighted by Gasteiger charge is -2.17. The third kappa shape index (κ3) is 2.77. The lowest BCUT2D eigenvalue weighted by atomic mass is 9.97. The molecule has 21 heavy (non-hydrogen) atoms. The zero-order valence-electron chi connectivity index (χ0n) is 11.8. The molecule has 0 fully saturated rings. The minimum absolute atomic E-state index is 0.0462. The van der Waals surface area contributed by atoms with Gasteiger partial charge in [0.05, 0.1) is 0 Å². The zero-order chi connectivity index (χ0) is 14.7. The molecule has 2 aromatic carbocycles. The predicted molar refractivity (Wildman–Crippen MR) is 82.3 cm³/mol. The van der Waals surface area contributed by atoms with Crippen LogP contribution in [-0.4, -0.2) is 15.6 Å². The van der Waals surface area contributed by atoms with Gasteiger partial charge in [0.15, 0.2) is 5.78 Å². The van der Waals surface area contributed by atoms with Gasteiger partial charge in [0.2, 0.25) is 0 Å². The number of hydrogen-bond acceptors (Lipinski definition) is 2. The molecule has 0 aliphatic heterocycles. The molecule has 0 N–H and O–H groups in total. The molecule has 0 bridgehead atoms. The van der Waals surface area contributed by atoms with Gasteiger partial charge in [-0.15, -0.1) is 0 Å². The number of ketones is 1. The fourth-order valence-electron chi connectivity index (χ4n) is 2.37. The number of benzene rings is 2. The summed E-state index contributed by atoms with van der Waals surface area (Å²) in [7, 11) is 0. The van der Waals surface area contributed by atoms with Crippen molar-refractivity contribution in [2.45, 2.75) is 13.0 Å². The molecule has 3 nitrogen and oxygen atoms in total. The molecule has 1 unspecified atom stereocenters. The summed E-state index contributed by atoms with van der Waals surface area (Å²) in [5, 5.41) is 4.25. The summed E-state index contributed by atoms with van der Waals surface area (Å²) < 4.78 is 1.71. The average molecular weight is 276 g/mol. The van der Waals surface area contributed by atoms with E-state index in [1.807, 2.05) is 73.8 Å². The molecule has 0 saturated carbocycles. The van der Waals surface area contributed by atoms with Crippen molar-refractivity contribution in [3.8, 4) is 0 Å². The molecule has 0 amide bonds. The Bertz CT molecular complexity index is 716. The van der Waals surface area contributed by atoms with Crippen molar-refractivity contribution in [3.63, 3.8) is 0 Å². The highest BCUT2D eigenvalue weighted by Crippen LogP contribution is 2.22. The molecule has 104 valence electrons. The minimum Gasteiger partial charge on any atom is -0.291 e. The van der Waals surface area contributed by atoms with Crippen LogP contribution in [0.4, 0.5) is 0 Å². The first-order valence-electron chi connectivity index (χ1n) is 6.90. The predicted octanol–water partition coefficient (Wildman–Crippen LogP) is 3.66. The molecule has 0 saturated heterocycles. The molecule has 3 heteroatoms. The third-order valence-electron chi connectivity index (χ3n) is 3.49. The van der Waals surface area contributed by atoms with E-state index in [9.17, 15) is 4.79 Å². The van der Waals surface area contributed by atoms with Crippen molar-refractivity contribution in [2.24, 2.45) is 0 Å². The highest BCUT2D eigenvalue weighted by molar-refractivity contribution is 6.00. The van der Waals surface area contributed by atoms with Crippen LogP contribution in [0.2, 0.25) is 0 Å². The van der Waals surface area contributed by atoms with Crippen molar-refractivity contribution >= 4 is 5.78 Å². The Balaban J connectivity index is 2.04. The Morgan fingerprint density at radius 2 is 1.71 bits per heavy atom. The van der Waals surface area contributed by atoms with E-state index in [4.69, 9.17) is 0 Å². The van der Waals surface area contributed by atoms with Crippen LogP contribution >= 0.6 is 0 Å². The van der Waals surface area contributed by atoms with Crippen molar-refractivity contribution < 1.29 is 4.79 Å². The standard InChI is InChI=1S/C18H16N2O/c1-14-8-10-16(11-9-14)18(21)17(20-13-5-12-19-20)15-6-3-2-4-7-15/h2-13,17H,1H3. The van der Waals surface area contributed by atoms with E-state index in [-0.39, 0.29) is 5.78 Å². The first-order valence-corrected chi connectivity index (χ1v) is 6.90. The van der Waals surface area contributed by atoms with E-state index in [1.165, 1.54) is 0 Å². The fourth-order valence-corrected chi connectivity index (χ4v) is 2.37. The Labute approximate surface area is 123 Å². The van der Waals surface area contributed by atoms with Crippen molar-refractivity contribution in [3.05, 3.63) is 89.7 Å². The Morgan fingerprint density at radius 3 is 2.33 bits per heavy atom. The molecule has 3 rings (SSSR count). The normalized spacial score (nSPS) is 12.0. The maximum Gasteiger partial charge on any atom is 0.191 e. The summed E-state index contributed by atoms with van der Waals surface area (Å²) in [6, 6.07) is 18.8. The van der Waals surface area contributed by atoms with Crippen LogP contribution in [0.15, 0.2) is 73.1 Å². The van der Waals surface area contributed by atoms with Crippen LogP contribution in [0.25, 0.3) is 0 Å². The first-order chi connectivity index (χ1) is 10.3. The maximum absolute atomic E-state index is 12.9. The first kappa shape index (κ1) is 13.3. The molecular formula is C18H16N2O. The molecule has 1 aromatic heterocycles. The number of aryl methyl sites for hydroxylation is 1. The van der Waals surface area contributed by atoms with Gasteiger partial charge in [-0.1, -0.05) is 60.2 Å². The number of hydrogen-bond donors (Lipinski definition) is 0. The Morgan fingerprint density at radius 1 is 1.00 bits per heavy atom. The summed E-state index contributed by atoms with van der Waals surface area (Å²) in [4.78, 5) is 12.9. The summed E-state index contributed by atoms with van der Waals surface area (Å²) in [6.07, 6.45) is 3.52. The summed E-state index contributed by atoms with van der Waals surface area (Å²) in [5.74, 6) is 0.0462. The second kappa shape index (κ2) is 5.75. The lowest BCUT2D eigenvalue weighted by molar-refractivity contribution is 0.0940. The largest absolute Gasteiger partial charge is 0.291 e. The maximum atomic E-state index is 12.9. The number of carbonyl (C=O) groups excluding carboxylic acids is 1. The molecule has 0 aliphatic carbocycles. The van der Waals surface area contributed by atoms with Crippen molar-refractivity contribution in [1.29, 1.82) is 0 Å². The van der Waals surface area contributed by atoms with Gasteiger partial charge in [-0.3, -0.25) is 9.48 Å². The minimum atomic E-state index is -0.427. The molecule has 0 radical (unpaired) electrons. The van der Waals surface area contributed by atoms with Gasteiger partial charge < -0.3 is 0 Å². The Hall–Kier alpha value is -2.68. The van der Waals surface area contributed by atoms with Crippen molar-refractivity contribution in [1.82, 2.24) is 9.78 Å².